The molecule has 7 heteroatoms. The summed E-state index contributed by atoms with van der Waals surface area (Å²) < 4.78 is 24.5. The molecule has 0 bridgehead atoms. The molecule has 0 saturated carbocycles. The van der Waals surface area contributed by atoms with Gasteiger partial charge in [-0.3, -0.25) is 0 Å². The van der Waals surface area contributed by atoms with E-state index >= 15 is 0 Å². The first kappa shape index (κ1) is 10.8. The van der Waals surface area contributed by atoms with Crippen molar-refractivity contribution in [3.05, 3.63) is 11.1 Å². The third-order valence-electron chi connectivity index (χ3n) is 2.51. The SMILES string of the molecule is CS(=O)(=O)N1CCCC1c1csc(N)n1. The largest absolute Gasteiger partial charge is 0.375 e. The number of rotatable bonds is 2. The molecule has 1 aromatic rings. The lowest BCUT2D eigenvalue weighted by atomic mass is 10.2. The molecule has 1 fully saturated rings. The quantitative estimate of drug-likeness (QED) is 0.839. The topological polar surface area (TPSA) is 76.3 Å². The lowest BCUT2D eigenvalue weighted by Crippen LogP contribution is -2.29. The summed E-state index contributed by atoms with van der Waals surface area (Å²) in [7, 11) is -3.13. The highest BCUT2D eigenvalue weighted by Crippen LogP contribution is 2.34. The van der Waals surface area contributed by atoms with Gasteiger partial charge in [0, 0.05) is 11.9 Å². The Morgan fingerprint density at radius 3 is 2.93 bits per heavy atom. The van der Waals surface area contributed by atoms with E-state index < -0.39 is 10.0 Å². The van der Waals surface area contributed by atoms with Crippen LogP contribution in [0.5, 0.6) is 0 Å². The maximum absolute atomic E-state index is 11.5. The second-order valence-corrected chi connectivity index (χ2v) is 6.47. The minimum Gasteiger partial charge on any atom is -0.375 e. The van der Waals surface area contributed by atoms with Crippen molar-refractivity contribution in [2.45, 2.75) is 18.9 Å². The van der Waals surface area contributed by atoms with Gasteiger partial charge >= 0.3 is 0 Å². The maximum atomic E-state index is 11.5. The van der Waals surface area contributed by atoms with Gasteiger partial charge in [0.15, 0.2) is 5.13 Å². The number of nitrogens with two attached hydrogens (primary N) is 1. The van der Waals surface area contributed by atoms with Crippen LogP contribution < -0.4 is 5.73 Å². The summed E-state index contributed by atoms with van der Waals surface area (Å²) in [6.07, 6.45) is 2.95. The molecule has 0 radical (unpaired) electrons. The number of nitrogens with zero attached hydrogens (tertiary/aromatic N) is 2. The van der Waals surface area contributed by atoms with Crippen molar-refractivity contribution in [2.24, 2.45) is 0 Å². The van der Waals surface area contributed by atoms with E-state index in [2.05, 4.69) is 4.98 Å². The molecule has 1 atom stereocenters. The van der Waals surface area contributed by atoms with Crippen LogP contribution in [-0.2, 0) is 10.0 Å². The first-order valence-electron chi connectivity index (χ1n) is 4.66. The van der Waals surface area contributed by atoms with E-state index in [0.717, 1.165) is 18.5 Å². The molecule has 0 spiro atoms. The van der Waals surface area contributed by atoms with Gasteiger partial charge in [0.25, 0.3) is 0 Å². The van der Waals surface area contributed by atoms with Crippen LogP contribution in [0.3, 0.4) is 0 Å². The number of nitrogen functional groups attached to an aromatic ring is 1. The number of anilines is 1. The van der Waals surface area contributed by atoms with Crippen LogP contribution in [0.1, 0.15) is 24.6 Å². The molecule has 0 aromatic carbocycles. The normalized spacial score (nSPS) is 23.4. The first-order chi connectivity index (χ1) is 6.98. The van der Waals surface area contributed by atoms with Crippen molar-refractivity contribution in [2.75, 3.05) is 18.5 Å². The molecule has 0 aliphatic carbocycles. The maximum Gasteiger partial charge on any atom is 0.211 e. The second-order valence-electron chi connectivity index (χ2n) is 3.64. The van der Waals surface area contributed by atoms with Crippen molar-refractivity contribution >= 4 is 26.5 Å². The lowest BCUT2D eigenvalue weighted by molar-refractivity contribution is 0.395. The first-order valence-corrected chi connectivity index (χ1v) is 7.39. The Labute approximate surface area is 93.0 Å². The van der Waals surface area contributed by atoms with Crippen LogP contribution in [0.15, 0.2) is 5.38 Å². The van der Waals surface area contributed by atoms with Crippen molar-refractivity contribution in [1.82, 2.24) is 9.29 Å². The molecule has 84 valence electrons. The highest BCUT2D eigenvalue weighted by atomic mass is 32.2. The Kier molecular flexibility index (Phi) is 2.70. The number of hydrogen-bond donors (Lipinski definition) is 1. The van der Waals surface area contributed by atoms with Gasteiger partial charge in [-0.05, 0) is 12.8 Å². The minimum absolute atomic E-state index is 0.117. The Morgan fingerprint density at radius 1 is 1.67 bits per heavy atom. The molecule has 2 rings (SSSR count). The molecule has 5 nitrogen and oxygen atoms in total. The summed E-state index contributed by atoms with van der Waals surface area (Å²) in [6, 6.07) is -0.117. The zero-order valence-electron chi connectivity index (χ0n) is 8.38. The number of hydrogen-bond acceptors (Lipinski definition) is 5. The van der Waals surface area contributed by atoms with E-state index in [1.165, 1.54) is 21.9 Å². The zero-order chi connectivity index (χ0) is 11.1. The fraction of sp³-hybridized carbons (Fsp3) is 0.625. The number of aromatic nitrogens is 1. The molecule has 1 aromatic heterocycles. The Balaban J connectivity index is 2.30. The van der Waals surface area contributed by atoms with Crippen molar-refractivity contribution < 1.29 is 8.42 Å². The van der Waals surface area contributed by atoms with Crippen LogP contribution in [0.25, 0.3) is 0 Å². The highest BCUT2D eigenvalue weighted by Gasteiger charge is 2.33. The van der Waals surface area contributed by atoms with Gasteiger partial charge in [0.1, 0.15) is 0 Å². The molecule has 2 heterocycles. The molecule has 15 heavy (non-hydrogen) atoms. The third kappa shape index (κ3) is 2.14. The van der Waals surface area contributed by atoms with Gasteiger partial charge in [-0.1, -0.05) is 0 Å². The highest BCUT2D eigenvalue weighted by molar-refractivity contribution is 7.88. The molecule has 1 saturated heterocycles. The second kappa shape index (κ2) is 3.73. The molecule has 1 aliphatic rings. The Hall–Kier alpha value is -0.660. The third-order valence-corrected chi connectivity index (χ3v) is 4.49. The molecule has 2 N–H and O–H groups in total. The van der Waals surface area contributed by atoms with E-state index in [-0.39, 0.29) is 6.04 Å². The van der Waals surface area contributed by atoms with Crippen LogP contribution in [0, 0.1) is 0 Å². The summed E-state index contributed by atoms with van der Waals surface area (Å²) in [6.45, 7) is 0.584. The summed E-state index contributed by atoms with van der Waals surface area (Å²) in [5, 5.41) is 2.33. The van der Waals surface area contributed by atoms with Gasteiger partial charge in [-0.2, -0.15) is 4.31 Å². The smallest absolute Gasteiger partial charge is 0.211 e. The van der Waals surface area contributed by atoms with E-state index in [9.17, 15) is 8.42 Å². The van der Waals surface area contributed by atoms with Gasteiger partial charge in [0.2, 0.25) is 10.0 Å². The fourth-order valence-electron chi connectivity index (χ4n) is 1.89. The standard InChI is InChI=1S/C8H13N3O2S2/c1-15(12,13)11-4-2-3-7(11)6-5-14-8(9)10-6/h5,7H,2-4H2,1H3,(H2,9,10). The van der Waals surface area contributed by atoms with E-state index in [1.54, 1.807) is 0 Å². The minimum atomic E-state index is -3.13. The zero-order valence-corrected chi connectivity index (χ0v) is 10.0. The van der Waals surface area contributed by atoms with Crippen LogP contribution in [0.4, 0.5) is 5.13 Å². The Morgan fingerprint density at radius 2 is 2.40 bits per heavy atom. The van der Waals surface area contributed by atoms with Gasteiger partial charge in [-0.25, -0.2) is 13.4 Å². The molecular weight excluding hydrogens is 234 g/mol. The van der Waals surface area contributed by atoms with Gasteiger partial charge in [0.05, 0.1) is 18.0 Å². The van der Waals surface area contributed by atoms with E-state index in [1.807, 2.05) is 5.38 Å². The summed E-state index contributed by atoms with van der Waals surface area (Å²) >= 11 is 1.35. The predicted octanol–water partition coefficient (Wildman–Crippen LogP) is 0.822. The fourth-order valence-corrected chi connectivity index (χ4v) is 3.63. The van der Waals surface area contributed by atoms with Gasteiger partial charge in [-0.15, -0.1) is 11.3 Å². The van der Waals surface area contributed by atoms with Gasteiger partial charge < -0.3 is 5.73 Å². The van der Waals surface area contributed by atoms with Crippen molar-refractivity contribution in [1.29, 1.82) is 0 Å². The average molecular weight is 247 g/mol. The van der Waals surface area contributed by atoms with E-state index in [4.69, 9.17) is 5.73 Å². The molecular formula is C8H13N3O2S2. The summed E-state index contributed by atoms with van der Waals surface area (Å²) in [5.74, 6) is 0. The summed E-state index contributed by atoms with van der Waals surface area (Å²) in [4.78, 5) is 4.15. The average Bonchev–Trinajstić information content (AvgIpc) is 2.68. The van der Waals surface area contributed by atoms with Crippen LogP contribution in [0.2, 0.25) is 0 Å². The monoisotopic (exact) mass is 247 g/mol. The predicted molar refractivity (Wildman–Crippen MR) is 60.1 cm³/mol. The number of thiazole rings is 1. The molecule has 1 unspecified atom stereocenters. The Bertz CT molecular complexity index is 454. The van der Waals surface area contributed by atoms with Crippen molar-refractivity contribution in [3.8, 4) is 0 Å². The lowest BCUT2D eigenvalue weighted by Gasteiger charge is -2.20. The summed E-state index contributed by atoms with van der Waals surface area (Å²) in [5.41, 5.74) is 6.32. The van der Waals surface area contributed by atoms with Crippen LogP contribution >= 0.6 is 11.3 Å². The van der Waals surface area contributed by atoms with Crippen molar-refractivity contribution in [3.63, 3.8) is 0 Å². The molecule has 1 aliphatic heterocycles. The van der Waals surface area contributed by atoms with Crippen LogP contribution in [-0.4, -0.2) is 30.5 Å². The molecule has 0 amide bonds. The number of sulfonamides is 1. The van der Waals surface area contributed by atoms with E-state index in [0.29, 0.717) is 11.7 Å².